The SMILES string of the molecule is O=C(O)CCC(Cc1ccccc1)NS(=O)(=O)c1cccc2c1OCO2. The molecule has 1 aliphatic rings. The van der Waals surface area contributed by atoms with Gasteiger partial charge in [0.1, 0.15) is 4.90 Å². The summed E-state index contributed by atoms with van der Waals surface area (Å²) in [6.07, 6.45) is 0.433. The third-order valence-corrected chi connectivity index (χ3v) is 5.55. The average molecular weight is 377 g/mol. The van der Waals surface area contributed by atoms with Crippen LogP contribution >= 0.6 is 0 Å². The molecular weight excluding hydrogens is 358 g/mol. The molecule has 8 heteroatoms. The zero-order chi connectivity index (χ0) is 18.6. The number of hydrogen-bond donors (Lipinski definition) is 2. The summed E-state index contributed by atoms with van der Waals surface area (Å²) in [5, 5.41) is 8.96. The summed E-state index contributed by atoms with van der Waals surface area (Å²) in [4.78, 5) is 10.9. The van der Waals surface area contributed by atoms with E-state index in [-0.39, 0.29) is 30.3 Å². The highest BCUT2D eigenvalue weighted by atomic mass is 32.2. The van der Waals surface area contributed by atoms with Gasteiger partial charge in [-0.3, -0.25) is 4.79 Å². The van der Waals surface area contributed by atoms with E-state index in [1.165, 1.54) is 6.07 Å². The number of carbonyl (C=O) groups is 1. The van der Waals surface area contributed by atoms with Crippen molar-refractivity contribution < 1.29 is 27.8 Å². The average Bonchev–Trinajstić information content (AvgIpc) is 3.09. The number of hydrogen-bond acceptors (Lipinski definition) is 5. The molecule has 7 nitrogen and oxygen atoms in total. The van der Waals surface area contributed by atoms with Crippen molar-refractivity contribution in [2.75, 3.05) is 6.79 Å². The van der Waals surface area contributed by atoms with Gasteiger partial charge >= 0.3 is 5.97 Å². The Morgan fingerprint density at radius 3 is 2.62 bits per heavy atom. The number of benzene rings is 2. The van der Waals surface area contributed by atoms with E-state index in [9.17, 15) is 13.2 Å². The highest BCUT2D eigenvalue weighted by Gasteiger charge is 2.28. The third kappa shape index (κ3) is 4.33. The van der Waals surface area contributed by atoms with E-state index in [0.717, 1.165) is 5.56 Å². The van der Waals surface area contributed by atoms with Gasteiger partial charge in [0.15, 0.2) is 11.5 Å². The van der Waals surface area contributed by atoms with E-state index in [1.54, 1.807) is 12.1 Å². The summed E-state index contributed by atoms with van der Waals surface area (Å²) in [6.45, 7) is -0.0334. The van der Waals surface area contributed by atoms with Crippen LogP contribution in [0.2, 0.25) is 0 Å². The largest absolute Gasteiger partial charge is 0.481 e. The van der Waals surface area contributed by atoms with Crippen LogP contribution in [0.3, 0.4) is 0 Å². The number of ether oxygens (including phenoxy) is 2. The molecule has 0 bridgehead atoms. The molecule has 0 aromatic heterocycles. The van der Waals surface area contributed by atoms with Gasteiger partial charge in [0, 0.05) is 12.5 Å². The molecule has 0 radical (unpaired) electrons. The maximum Gasteiger partial charge on any atom is 0.303 e. The molecule has 1 heterocycles. The Morgan fingerprint density at radius 2 is 1.88 bits per heavy atom. The Labute approximate surface area is 151 Å². The van der Waals surface area contributed by atoms with E-state index >= 15 is 0 Å². The summed E-state index contributed by atoms with van der Waals surface area (Å²) < 4.78 is 38.8. The molecule has 0 spiro atoms. The molecule has 0 fully saturated rings. The van der Waals surface area contributed by atoms with Gasteiger partial charge in [-0.2, -0.15) is 0 Å². The Kier molecular flexibility index (Phi) is 5.43. The first-order chi connectivity index (χ1) is 12.5. The quantitative estimate of drug-likeness (QED) is 0.731. The van der Waals surface area contributed by atoms with Gasteiger partial charge in [-0.05, 0) is 30.5 Å². The standard InChI is InChI=1S/C18H19NO6S/c20-17(21)10-9-14(11-13-5-2-1-3-6-13)19-26(22,23)16-8-4-7-15-18(16)25-12-24-15/h1-8,14,19H,9-12H2,(H,20,21). The predicted molar refractivity (Wildman–Crippen MR) is 93.7 cm³/mol. The van der Waals surface area contributed by atoms with Crippen molar-refractivity contribution in [3.8, 4) is 11.5 Å². The first kappa shape index (κ1) is 18.2. The zero-order valence-corrected chi connectivity index (χ0v) is 14.7. The lowest BCUT2D eigenvalue weighted by atomic mass is 10.0. The topological polar surface area (TPSA) is 102 Å². The molecule has 138 valence electrons. The summed E-state index contributed by atoms with van der Waals surface area (Å²) in [7, 11) is -3.90. The zero-order valence-electron chi connectivity index (χ0n) is 13.9. The van der Waals surface area contributed by atoms with Crippen molar-refractivity contribution in [2.45, 2.75) is 30.2 Å². The second kappa shape index (κ2) is 7.76. The number of para-hydroxylation sites is 1. The van der Waals surface area contributed by atoms with E-state index in [0.29, 0.717) is 12.2 Å². The molecule has 1 atom stereocenters. The molecule has 0 saturated heterocycles. The molecule has 1 aliphatic heterocycles. The first-order valence-corrected chi connectivity index (χ1v) is 9.61. The lowest BCUT2D eigenvalue weighted by Gasteiger charge is -2.19. The predicted octanol–water partition coefficient (Wildman–Crippen LogP) is 2.17. The molecule has 2 aromatic carbocycles. The number of carboxylic acid groups (broad SMARTS) is 1. The normalized spacial score (nSPS) is 14.2. The van der Waals surface area contributed by atoms with Crippen LogP contribution in [0.25, 0.3) is 0 Å². The first-order valence-electron chi connectivity index (χ1n) is 8.12. The fraction of sp³-hybridized carbons (Fsp3) is 0.278. The maximum atomic E-state index is 12.8. The second-order valence-corrected chi connectivity index (χ2v) is 7.61. The molecule has 0 aliphatic carbocycles. The highest BCUT2D eigenvalue weighted by molar-refractivity contribution is 7.89. The van der Waals surface area contributed by atoms with E-state index in [2.05, 4.69) is 4.72 Å². The number of fused-ring (bicyclic) bond motifs is 1. The van der Waals surface area contributed by atoms with Gasteiger partial charge in [0.05, 0.1) is 0 Å². The van der Waals surface area contributed by atoms with Gasteiger partial charge < -0.3 is 14.6 Å². The summed E-state index contributed by atoms with van der Waals surface area (Å²) >= 11 is 0. The van der Waals surface area contributed by atoms with Crippen LogP contribution in [0.5, 0.6) is 11.5 Å². The van der Waals surface area contributed by atoms with Crippen LogP contribution in [0, 0.1) is 0 Å². The van der Waals surface area contributed by atoms with Gasteiger partial charge in [-0.1, -0.05) is 36.4 Å². The molecule has 0 saturated carbocycles. The number of aliphatic carboxylic acids is 1. The summed E-state index contributed by atoms with van der Waals surface area (Å²) in [5.74, 6) is -0.422. The monoisotopic (exact) mass is 377 g/mol. The van der Waals surface area contributed by atoms with Gasteiger partial charge in [-0.15, -0.1) is 0 Å². The number of rotatable bonds is 8. The Hall–Kier alpha value is -2.58. The van der Waals surface area contributed by atoms with Crippen molar-refractivity contribution in [3.63, 3.8) is 0 Å². The van der Waals surface area contributed by atoms with Crippen LogP contribution in [0.4, 0.5) is 0 Å². The molecule has 0 amide bonds. The van der Waals surface area contributed by atoms with Crippen LogP contribution in [-0.4, -0.2) is 32.3 Å². The molecule has 3 rings (SSSR count). The summed E-state index contributed by atoms with van der Waals surface area (Å²) in [6, 6.07) is 13.4. The Balaban J connectivity index is 1.83. The van der Waals surface area contributed by atoms with Crippen molar-refractivity contribution >= 4 is 16.0 Å². The van der Waals surface area contributed by atoms with E-state index in [1.807, 2.05) is 30.3 Å². The van der Waals surface area contributed by atoms with Crippen molar-refractivity contribution in [1.82, 2.24) is 4.72 Å². The molecule has 2 aromatic rings. The summed E-state index contributed by atoms with van der Waals surface area (Å²) in [5.41, 5.74) is 0.920. The third-order valence-electron chi connectivity index (χ3n) is 4.00. The molecule has 1 unspecified atom stereocenters. The van der Waals surface area contributed by atoms with Gasteiger partial charge in [0.2, 0.25) is 16.8 Å². The smallest absolute Gasteiger partial charge is 0.303 e. The number of sulfonamides is 1. The van der Waals surface area contributed by atoms with Crippen molar-refractivity contribution in [2.24, 2.45) is 0 Å². The Morgan fingerprint density at radius 1 is 1.12 bits per heavy atom. The Bertz CT molecular complexity index is 882. The van der Waals surface area contributed by atoms with Gasteiger partial charge in [-0.25, -0.2) is 13.1 Å². The highest BCUT2D eigenvalue weighted by Crippen LogP contribution is 2.37. The minimum atomic E-state index is -3.90. The lowest BCUT2D eigenvalue weighted by Crippen LogP contribution is -2.37. The fourth-order valence-electron chi connectivity index (χ4n) is 2.80. The van der Waals surface area contributed by atoms with E-state index in [4.69, 9.17) is 14.6 Å². The molecular formula is C18H19NO6S. The number of carboxylic acids is 1. The minimum Gasteiger partial charge on any atom is -0.481 e. The van der Waals surface area contributed by atoms with Crippen LogP contribution in [0.1, 0.15) is 18.4 Å². The molecule has 2 N–H and O–H groups in total. The van der Waals surface area contributed by atoms with Crippen LogP contribution in [-0.2, 0) is 21.2 Å². The molecule has 26 heavy (non-hydrogen) atoms. The minimum absolute atomic E-state index is 0.0131. The van der Waals surface area contributed by atoms with Crippen molar-refractivity contribution in [3.05, 3.63) is 54.1 Å². The fourth-order valence-corrected chi connectivity index (χ4v) is 4.23. The van der Waals surface area contributed by atoms with Crippen LogP contribution < -0.4 is 14.2 Å². The number of nitrogens with one attached hydrogen (secondary N) is 1. The van der Waals surface area contributed by atoms with Crippen LogP contribution in [0.15, 0.2) is 53.4 Å². The van der Waals surface area contributed by atoms with E-state index < -0.39 is 22.0 Å². The van der Waals surface area contributed by atoms with Gasteiger partial charge in [0.25, 0.3) is 0 Å². The second-order valence-electron chi connectivity index (χ2n) is 5.93. The van der Waals surface area contributed by atoms with Crippen molar-refractivity contribution in [1.29, 1.82) is 0 Å². The maximum absolute atomic E-state index is 12.8. The lowest BCUT2D eigenvalue weighted by molar-refractivity contribution is -0.137.